The molecule has 8 nitrogen and oxygen atoms in total. The second kappa shape index (κ2) is 7.69. The van der Waals surface area contributed by atoms with E-state index in [-0.39, 0.29) is 21.0 Å². The molecule has 0 aliphatic carbocycles. The van der Waals surface area contributed by atoms with Crippen LogP contribution in [-0.4, -0.2) is 45.2 Å². The van der Waals surface area contributed by atoms with Crippen LogP contribution in [0.4, 0.5) is 23.7 Å². The summed E-state index contributed by atoms with van der Waals surface area (Å²) >= 11 is 0.901. The lowest BCUT2D eigenvalue weighted by Gasteiger charge is -2.50. The van der Waals surface area contributed by atoms with Gasteiger partial charge in [0.05, 0.1) is 15.8 Å². The maximum atomic E-state index is 14.1. The van der Waals surface area contributed by atoms with Gasteiger partial charge in [0.15, 0.2) is 5.78 Å². The number of non-ortho nitro benzene ring substituents is 1. The lowest BCUT2D eigenvalue weighted by Crippen LogP contribution is -2.73. The minimum atomic E-state index is -5.35. The number of nitro groups is 1. The first-order valence-electron chi connectivity index (χ1n) is 8.71. The number of nitrogens with zero attached hydrogens (tertiary/aromatic N) is 2. The number of halogens is 3. The number of hydrogen-bond donors (Lipinski definition) is 2. The Morgan fingerprint density at radius 3 is 2.43 bits per heavy atom. The van der Waals surface area contributed by atoms with Gasteiger partial charge in [0, 0.05) is 18.7 Å². The predicted molar refractivity (Wildman–Crippen MR) is 99.9 cm³/mol. The largest absolute Gasteiger partial charge is 0.437 e. The van der Waals surface area contributed by atoms with E-state index in [1.54, 1.807) is 0 Å². The van der Waals surface area contributed by atoms with Gasteiger partial charge in [-0.3, -0.25) is 19.8 Å². The van der Waals surface area contributed by atoms with E-state index >= 15 is 0 Å². The first-order chi connectivity index (χ1) is 14.0. The Hall–Kier alpha value is -2.99. The van der Waals surface area contributed by atoms with E-state index in [9.17, 15) is 38.0 Å². The first-order valence-corrected chi connectivity index (χ1v) is 9.59. The zero-order valence-corrected chi connectivity index (χ0v) is 16.2. The summed E-state index contributed by atoms with van der Waals surface area (Å²) in [6.07, 6.45) is -5.35. The fourth-order valence-corrected chi connectivity index (χ4v) is 4.25. The average Bonchev–Trinajstić information content (AvgIpc) is 3.21. The van der Waals surface area contributed by atoms with E-state index in [2.05, 4.69) is 5.32 Å². The van der Waals surface area contributed by atoms with Gasteiger partial charge in [-0.1, -0.05) is 18.2 Å². The maximum absolute atomic E-state index is 14.1. The molecule has 1 saturated heterocycles. The number of carbonyl (C=O) groups excluding carboxylic acids is 2. The van der Waals surface area contributed by atoms with Gasteiger partial charge >= 0.3 is 12.2 Å². The summed E-state index contributed by atoms with van der Waals surface area (Å²) in [6.45, 7) is 0.734. The molecule has 2 aromatic rings. The van der Waals surface area contributed by atoms with Crippen LogP contribution in [-0.2, 0) is 0 Å². The molecule has 3 rings (SSSR count). The summed E-state index contributed by atoms with van der Waals surface area (Å²) in [6, 6.07) is 4.42. The van der Waals surface area contributed by atoms with Crippen molar-refractivity contribution < 1.29 is 32.8 Å². The molecule has 1 aliphatic rings. The molecular weight excluding hydrogens is 427 g/mol. The quantitative estimate of drug-likeness (QED) is 0.417. The van der Waals surface area contributed by atoms with E-state index in [1.807, 2.05) is 0 Å². The number of nitro benzene ring substituents is 1. The summed E-state index contributed by atoms with van der Waals surface area (Å²) in [5.41, 5.74) is -4.08. The highest BCUT2D eigenvalue weighted by Gasteiger charge is 2.69. The SMILES string of the molecule is CCN1C(=O)N[C@H](c2ccc([N+](=O)[O-])cc2)[C@H](C(=O)c2cccs2)[C@]1(O)C(F)(F)F. The Morgan fingerprint density at radius 1 is 1.33 bits per heavy atom. The highest BCUT2D eigenvalue weighted by Crippen LogP contribution is 2.48. The fourth-order valence-electron chi connectivity index (χ4n) is 3.55. The summed E-state index contributed by atoms with van der Waals surface area (Å²) < 4.78 is 42.4. The second-order valence-corrected chi connectivity index (χ2v) is 7.51. The van der Waals surface area contributed by atoms with Crippen LogP contribution in [0.25, 0.3) is 0 Å². The number of nitrogens with one attached hydrogen (secondary N) is 1. The van der Waals surface area contributed by atoms with E-state index in [0.717, 1.165) is 35.6 Å². The van der Waals surface area contributed by atoms with Crippen LogP contribution in [0.3, 0.4) is 0 Å². The molecule has 2 N–H and O–H groups in total. The molecule has 12 heteroatoms. The van der Waals surface area contributed by atoms with Crippen LogP contribution in [0, 0.1) is 16.0 Å². The van der Waals surface area contributed by atoms with Crippen LogP contribution in [0.1, 0.15) is 28.2 Å². The van der Waals surface area contributed by atoms with Gasteiger partial charge < -0.3 is 10.4 Å². The molecule has 0 bridgehead atoms. The predicted octanol–water partition coefficient (Wildman–Crippen LogP) is 3.49. The number of Topliss-reactive ketones (excluding diaryl/α,β-unsaturated/α-hetero) is 1. The first kappa shape index (κ1) is 21.7. The highest BCUT2D eigenvalue weighted by atomic mass is 32.1. The van der Waals surface area contributed by atoms with Crippen molar-refractivity contribution in [3.05, 3.63) is 62.3 Å². The average molecular weight is 443 g/mol. The molecule has 30 heavy (non-hydrogen) atoms. The van der Waals surface area contributed by atoms with Gasteiger partial charge in [-0.15, -0.1) is 11.3 Å². The number of amides is 2. The van der Waals surface area contributed by atoms with Crippen molar-refractivity contribution in [2.24, 2.45) is 5.92 Å². The Labute approximate surface area is 172 Å². The van der Waals surface area contributed by atoms with Crippen molar-refractivity contribution >= 4 is 28.8 Å². The monoisotopic (exact) mass is 443 g/mol. The van der Waals surface area contributed by atoms with E-state index in [4.69, 9.17) is 0 Å². The number of carbonyl (C=O) groups is 2. The van der Waals surface area contributed by atoms with Crippen LogP contribution >= 0.6 is 11.3 Å². The Morgan fingerprint density at radius 2 is 1.97 bits per heavy atom. The third-order valence-electron chi connectivity index (χ3n) is 4.95. The molecule has 1 aromatic heterocycles. The normalized spacial score (nSPS) is 24.4. The number of urea groups is 1. The third kappa shape index (κ3) is 3.41. The number of aliphatic hydroxyl groups is 1. The zero-order chi connectivity index (χ0) is 22.3. The number of ketones is 1. The standard InChI is InChI=1S/C18H16F3N3O5S/c1-2-23-16(26)22-14(10-5-7-11(8-6-10)24(28)29)13(17(23,27)18(19,20)21)15(25)12-4-3-9-30-12/h3-9,13-14,27H,2H2,1H3,(H,22,26)/t13-,14-,17+/m1/s1. The zero-order valence-electron chi connectivity index (χ0n) is 15.4. The lowest BCUT2D eigenvalue weighted by molar-refractivity contribution is -0.384. The molecule has 0 saturated carbocycles. The highest BCUT2D eigenvalue weighted by molar-refractivity contribution is 7.12. The smallest absolute Gasteiger partial charge is 0.363 e. The van der Waals surface area contributed by atoms with Crippen molar-refractivity contribution in [1.82, 2.24) is 10.2 Å². The van der Waals surface area contributed by atoms with Crippen LogP contribution in [0.5, 0.6) is 0 Å². The molecule has 0 unspecified atom stereocenters. The van der Waals surface area contributed by atoms with Gasteiger partial charge in [0.2, 0.25) is 0 Å². The van der Waals surface area contributed by atoms with Crippen molar-refractivity contribution in [3.8, 4) is 0 Å². The molecule has 1 aliphatic heterocycles. The molecule has 0 spiro atoms. The molecular formula is C18H16F3N3O5S. The molecule has 160 valence electrons. The topological polar surface area (TPSA) is 113 Å². The molecule has 3 atom stereocenters. The van der Waals surface area contributed by atoms with Crippen molar-refractivity contribution in [2.45, 2.75) is 24.9 Å². The van der Waals surface area contributed by atoms with E-state index in [0.29, 0.717) is 0 Å². The molecule has 1 aromatic carbocycles. The number of benzene rings is 1. The van der Waals surface area contributed by atoms with Crippen LogP contribution in [0.15, 0.2) is 41.8 Å². The van der Waals surface area contributed by atoms with Crippen molar-refractivity contribution in [3.63, 3.8) is 0 Å². The Kier molecular flexibility index (Phi) is 5.56. The minimum absolute atomic E-state index is 0.0160. The Bertz CT molecular complexity index is 964. The number of rotatable bonds is 5. The minimum Gasteiger partial charge on any atom is -0.363 e. The van der Waals surface area contributed by atoms with Crippen molar-refractivity contribution in [2.75, 3.05) is 6.54 Å². The van der Waals surface area contributed by atoms with Crippen LogP contribution < -0.4 is 5.32 Å². The Balaban J connectivity index is 2.20. The van der Waals surface area contributed by atoms with Crippen LogP contribution in [0.2, 0.25) is 0 Å². The molecule has 2 amide bonds. The van der Waals surface area contributed by atoms with Gasteiger partial charge in [0.25, 0.3) is 11.4 Å². The summed E-state index contributed by atoms with van der Waals surface area (Å²) in [4.78, 5) is 35.9. The summed E-state index contributed by atoms with van der Waals surface area (Å²) in [5, 5.41) is 25.6. The number of hydrogen-bond acceptors (Lipinski definition) is 6. The summed E-state index contributed by atoms with van der Waals surface area (Å²) in [7, 11) is 0. The maximum Gasteiger partial charge on any atom is 0.437 e. The van der Waals surface area contributed by atoms with Crippen molar-refractivity contribution in [1.29, 1.82) is 0 Å². The van der Waals surface area contributed by atoms with Gasteiger partial charge in [-0.05, 0) is 23.9 Å². The molecule has 0 radical (unpaired) electrons. The second-order valence-electron chi connectivity index (χ2n) is 6.56. The van der Waals surface area contributed by atoms with Gasteiger partial charge in [-0.25, -0.2) is 4.79 Å². The molecule has 2 heterocycles. The fraction of sp³-hybridized carbons (Fsp3) is 0.333. The van der Waals surface area contributed by atoms with Gasteiger partial charge in [0.1, 0.15) is 5.92 Å². The number of thiophene rings is 1. The van der Waals surface area contributed by atoms with E-state index < -0.39 is 47.1 Å². The summed E-state index contributed by atoms with van der Waals surface area (Å²) in [5.74, 6) is -3.15. The lowest BCUT2D eigenvalue weighted by atomic mass is 9.77. The third-order valence-corrected chi connectivity index (χ3v) is 5.83. The van der Waals surface area contributed by atoms with E-state index in [1.165, 1.54) is 24.4 Å². The molecule has 1 fully saturated rings. The van der Waals surface area contributed by atoms with Gasteiger partial charge in [-0.2, -0.15) is 13.2 Å². The number of alkyl halides is 3.